The van der Waals surface area contributed by atoms with Gasteiger partial charge in [0.2, 0.25) is 0 Å². The van der Waals surface area contributed by atoms with Crippen molar-refractivity contribution in [1.82, 2.24) is 0 Å². The van der Waals surface area contributed by atoms with Crippen molar-refractivity contribution in [3.8, 4) is 0 Å². The zero-order valence-corrected chi connectivity index (χ0v) is 3.88. The maximum absolute atomic E-state index is 9.46. The summed E-state index contributed by atoms with van der Waals surface area (Å²) in [5.74, 6) is 0. The third kappa shape index (κ3) is 9.37. The van der Waals surface area contributed by atoms with Gasteiger partial charge in [0, 0.05) is 7.11 Å². The first-order valence-corrected chi connectivity index (χ1v) is 1.62. The Morgan fingerprint density at radius 2 is 2.25 bits per heavy atom. The van der Waals surface area contributed by atoms with Crippen LogP contribution in [0.1, 0.15) is 0 Å². The minimum atomic E-state index is -1.32. The van der Waals surface area contributed by atoms with Gasteiger partial charge in [0.25, 0.3) is 0 Å². The molecule has 0 aliphatic rings. The van der Waals surface area contributed by atoms with Crippen molar-refractivity contribution in [3.63, 3.8) is 0 Å². The zero-order chi connectivity index (χ0) is 5.70. The smallest absolute Gasteiger partial charge is 0.450 e. The molecule has 0 aromatic heterocycles. The van der Waals surface area contributed by atoms with E-state index in [2.05, 4.69) is 9.47 Å². The van der Waals surface area contributed by atoms with E-state index < -0.39 is 6.16 Å². The largest absolute Gasteiger partial charge is 0.507 e. The van der Waals surface area contributed by atoms with Gasteiger partial charge >= 0.3 is 29.2 Å². The zero-order valence-electron chi connectivity index (χ0n) is 3.88. The molecule has 0 bridgehead atoms. The summed E-state index contributed by atoms with van der Waals surface area (Å²) >= 11 is 0. The third-order valence-electron chi connectivity index (χ3n) is 0.300. The first-order valence-electron chi connectivity index (χ1n) is 1.62. The number of methoxy groups -OCH3 is 1. The van der Waals surface area contributed by atoms with E-state index in [1.807, 2.05) is 0 Å². The van der Waals surface area contributed by atoms with E-state index in [-0.39, 0.29) is 29.8 Å². The Morgan fingerprint density at radius 3 is 2.38 bits per heavy atom. The molecule has 0 amide bonds. The second kappa shape index (κ2) is 7.00. The lowest BCUT2D eigenvalue weighted by atomic mass is 11.3. The van der Waals surface area contributed by atoms with Gasteiger partial charge < -0.3 is 14.6 Å². The van der Waals surface area contributed by atoms with Crippen molar-refractivity contribution in [2.75, 3.05) is 13.9 Å². The molecule has 0 heterocycles. The summed E-state index contributed by atoms with van der Waals surface area (Å²) in [5, 5.41) is 7.74. The molecule has 0 spiro atoms. The molecule has 4 nitrogen and oxygen atoms in total. The Labute approximate surface area is 62.9 Å². The Kier molecular flexibility index (Phi) is 9.52. The van der Waals surface area contributed by atoms with Crippen LogP contribution in [-0.2, 0) is 9.47 Å². The van der Waals surface area contributed by atoms with Crippen molar-refractivity contribution in [3.05, 3.63) is 0 Å². The normalized spacial score (nSPS) is 7.12. The van der Waals surface area contributed by atoms with Crippen molar-refractivity contribution in [1.29, 1.82) is 0 Å². The average molecular weight is 132 g/mol. The third-order valence-corrected chi connectivity index (χ3v) is 0.300. The number of hydrogen-bond acceptors (Lipinski definition) is 3. The van der Waals surface area contributed by atoms with E-state index >= 15 is 0 Å². The predicted molar refractivity (Wildman–Crippen MR) is 29.5 cm³/mol. The lowest BCUT2D eigenvalue weighted by molar-refractivity contribution is -0.0115. The lowest BCUT2D eigenvalue weighted by Crippen LogP contribution is -2.02. The first kappa shape index (κ1) is 10.9. The number of carbonyl (C=O) groups is 1. The molecule has 0 atom stereocenters. The van der Waals surface area contributed by atoms with Gasteiger partial charge in [0.1, 0.15) is 0 Å². The summed E-state index contributed by atoms with van der Waals surface area (Å²) in [4.78, 5) is 9.46. The molecule has 0 unspecified atom stereocenters. The van der Waals surface area contributed by atoms with Gasteiger partial charge in [-0.05, 0) is 0 Å². The van der Waals surface area contributed by atoms with Gasteiger partial charge in [-0.1, -0.05) is 0 Å². The Balaban J connectivity index is 0. The van der Waals surface area contributed by atoms with E-state index in [0.29, 0.717) is 0 Å². The number of ether oxygens (including phenoxy) is 2. The average Bonchev–Trinajstić information content (AvgIpc) is 1.61. The molecule has 5 heteroatoms. The van der Waals surface area contributed by atoms with Crippen molar-refractivity contribution in [2.24, 2.45) is 0 Å². The summed E-state index contributed by atoms with van der Waals surface area (Å²) in [6.45, 7) is -0.199. The number of rotatable bonds is 2. The van der Waals surface area contributed by atoms with Gasteiger partial charge in [-0.15, -0.1) is 0 Å². The van der Waals surface area contributed by atoms with E-state index in [4.69, 9.17) is 5.11 Å². The van der Waals surface area contributed by atoms with Crippen LogP contribution in [-0.4, -0.2) is 48.2 Å². The monoisotopic (exact) mass is 132 g/mol. The molecule has 0 aromatic rings. The molecular formula is C3H8MgO4. The Bertz CT molecular complexity index is 64.3. The highest BCUT2D eigenvalue weighted by atomic mass is 24.3. The van der Waals surface area contributed by atoms with Gasteiger partial charge in [-0.2, -0.15) is 0 Å². The molecule has 0 fully saturated rings. The van der Waals surface area contributed by atoms with E-state index in [0.717, 1.165) is 0 Å². The number of carboxylic acid groups (broad SMARTS) is 1. The molecule has 0 aliphatic heterocycles. The van der Waals surface area contributed by atoms with Crippen LogP contribution in [0.4, 0.5) is 4.79 Å². The van der Waals surface area contributed by atoms with Crippen LogP contribution in [0.3, 0.4) is 0 Å². The Morgan fingerprint density at radius 1 is 1.75 bits per heavy atom. The SMILES string of the molecule is COCOC(=O)O.[MgH2]. The minimum Gasteiger partial charge on any atom is -0.450 e. The maximum atomic E-state index is 9.46. The summed E-state index contributed by atoms with van der Waals surface area (Å²) in [7, 11) is 1.35. The molecule has 46 valence electrons. The highest BCUT2D eigenvalue weighted by Gasteiger charge is 1.89. The van der Waals surface area contributed by atoms with Crippen LogP contribution in [0.25, 0.3) is 0 Å². The molecule has 0 saturated heterocycles. The highest BCUT2D eigenvalue weighted by molar-refractivity contribution is 5.75. The molecule has 0 aromatic carbocycles. The lowest BCUT2D eigenvalue weighted by Gasteiger charge is -1.93. The van der Waals surface area contributed by atoms with Gasteiger partial charge in [-0.25, -0.2) is 4.79 Å². The second-order valence-corrected chi connectivity index (χ2v) is 0.817. The summed E-state index contributed by atoms with van der Waals surface area (Å²) < 4.78 is 8.14. The fourth-order valence-corrected chi connectivity index (χ4v) is 0.109. The molecule has 0 saturated carbocycles. The predicted octanol–water partition coefficient (Wildman–Crippen LogP) is -0.631. The number of hydrogen-bond donors (Lipinski definition) is 1. The molecule has 8 heavy (non-hydrogen) atoms. The van der Waals surface area contributed by atoms with Crippen LogP contribution in [0.2, 0.25) is 0 Å². The highest BCUT2D eigenvalue weighted by Crippen LogP contribution is 1.72. The van der Waals surface area contributed by atoms with Crippen LogP contribution >= 0.6 is 0 Å². The van der Waals surface area contributed by atoms with Crippen LogP contribution in [0.15, 0.2) is 0 Å². The van der Waals surface area contributed by atoms with E-state index in [1.54, 1.807) is 0 Å². The van der Waals surface area contributed by atoms with Gasteiger partial charge in [0.15, 0.2) is 6.79 Å². The van der Waals surface area contributed by atoms with Crippen LogP contribution < -0.4 is 0 Å². The Hall–Kier alpha value is -0.00377. The first-order chi connectivity index (χ1) is 3.27. The fourth-order valence-electron chi connectivity index (χ4n) is 0.109. The maximum Gasteiger partial charge on any atom is 0.507 e. The summed E-state index contributed by atoms with van der Waals surface area (Å²) in [6, 6.07) is 0. The standard InChI is InChI=1S/C3H6O4.Mg.2H/c1-6-2-7-3(4)5;;;/h2H2,1H3,(H,4,5);;;. The second-order valence-electron chi connectivity index (χ2n) is 0.817. The molecule has 0 rings (SSSR count). The minimum absolute atomic E-state index is 0. The molecule has 0 radical (unpaired) electrons. The molecule has 1 N–H and O–H groups in total. The quantitative estimate of drug-likeness (QED) is 0.309. The van der Waals surface area contributed by atoms with Gasteiger partial charge in [-0.3, -0.25) is 0 Å². The summed E-state index contributed by atoms with van der Waals surface area (Å²) in [6.07, 6.45) is -1.32. The van der Waals surface area contributed by atoms with Crippen molar-refractivity contribution in [2.45, 2.75) is 0 Å². The molecular weight excluding hydrogens is 124 g/mol. The van der Waals surface area contributed by atoms with E-state index in [1.165, 1.54) is 7.11 Å². The van der Waals surface area contributed by atoms with Crippen LogP contribution in [0.5, 0.6) is 0 Å². The summed E-state index contributed by atoms with van der Waals surface area (Å²) in [5.41, 5.74) is 0. The van der Waals surface area contributed by atoms with Crippen molar-refractivity contribution < 1.29 is 19.4 Å². The topological polar surface area (TPSA) is 55.8 Å². The van der Waals surface area contributed by atoms with Crippen molar-refractivity contribution >= 4 is 29.2 Å². The van der Waals surface area contributed by atoms with Gasteiger partial charge in [0.05, 0.1) is 0 Å². The molecule has 0 aliphatic carbocycles. The van der Waals surface area contributed by atoms with Crippen LogP contribution in [0, 0.1) is 0 Å². The fraction of sp³-hybridized carbons (Fsp3) is 0.667. The van der Waals surface area contributed by atoms with E-state index in [9.17, 15) is 4.79 Å².